The Morgan fingerprint density at radius 1 is 0.534 bits per heavy atom. The minimum atomic E-state index is -0.744. The third-order valence-corrected chi connectivity index (χ3v) is 16.9. The largest absolute Gasteiger partial charge is 0.385 e. The van der Waals surface area contributed by atoms with E-state index in [-0.39, 0.29) is 40.5 Å². The van der Waals surface area contributed by atoms with Gasteiger partial charge in [-0.1, -0.05) is 24.3 Å². The van der Waals surface area contributed by atoms with Crippen molar-refractivity contribution in [3.8, 4) is 0 Å². The summed E-state index contributed by atoms with van der Waals surface area (Å²) in [6, 6.07) is 15.6. The molecule has 88 heavy (non-hydrogen) atoms. The van der Waals surface area contributed by atoms with Gasteiger partial charge in [-0.15, -0.1) is 11.6 Å². The Bertz CT molecular complexity index is 2490. The third-order valence-electron chi connectivity index (χ3n) is 15.8. The van der Waals surface area contributed by atoms with Crippen LogP contribution in [0.2, 0.25) is 0 Å². The highest BCUT2D eigenvalue weighted by molar-refractivity contribution is 9.10. The van der Waals surface area contributed by atoms with Crippen LogP contribution in [0.15, 0.2) is 82.5 Å². The number of nitrogen functional groups attached to an aromatic ring is 1. The summed E-state index contributed by atoms with van der Waals surface area (Å²) in [6.07, 6.45) is 17.8. The van der Waals surface area contributed by atoms with Crippen LogP contribution in [-0.2, 0) is 65.2 Å². The lowest BCUT2D eigenvalue weighted by molar-refractivity contribution is -0.119. The summed E-state index contributed by atoms with van der Waals surface area (Å²) in [7, 11) is 16.3. The molecule has 21 nitrogen and oxygen atoms in total. The van der Waals surface area contributed by atoms with E-state index in [2.05, 4.69) is 92.0 Å². The van der Waals surface area contributed by atoms with Crippen LogP contribution in [0.1, 0.15) is 99.3 Å². The maximum Gasteiger partial charge on any atom is 0.228 e. The molecule has 24 heteroatoms. The molecule has 0 bridgehead atoms. The van der Waals surface area contributed by atoms with Crippen LogP contribution in [0.3, 0.4) is 0 Å². The lowest BCUT2D eigenvalue weighted by atomic mass is 9.87. The van der Waals surface area contributed by atoms with Crippen molar-refractivity contribution in [2.24, 2.45) is 17.6 Å². The third kappa shape index (κ3) is 26.7. The fourth-order valence-electron chi connectivity index (χ4n) is 9.74. The molecule has 0 unspecified atom stereocenters. The number of primary amides is 1. The molecule has 10 rings (SSSR count). The van der Waals surface area contributed by atoms with Crippen molar-refractivity contribution >= 4 is 66.9 Å². The van der Waals surface area contributed by atoms with E-state index in [0.29, 0.717) is 64.1 Å². The molecule has 2 aliphatic carbocycles. The van der Waals surface area contributed by atoms with Gasteiger partial charge in [0.25, 0.3) is 0 Å². The van der Waals surface area contributed by atoms with Gasteiger partial charge >= 0.3 is 0 Å². The lowest BCUT2D eigenvalue weighted by Crippen LogP contribution is -2.38. The highest BCUT2D eigenvalue weighted by atomic mass is 79.9. The van der Waals surface area contributed by atoms with E-state index in [9.17, 15) is 14.7 Å². The molecule has 0 atom stereocenters. The summed E-state index contributed by atoms with van der Waals surface area (Å²) in [6.45, 7) is 11.4. The molecular formula is C64H100Br2ClN11O10. The number of ether oxygens (including phenoxy) is 7. The van der Waals surface area contributed by atoms with Crippen molar-refractivity contribution < 1.29 is 47.9 Å². The maximum atomic E-state index is 11.8. The van der Waals surface area contributed by atoms with E-state index in [0.717, 1.165) is 161 Å². The maximum absolute atomic E-state index is 11.8. The van der Waals surface area contributed by atoms with Crippen molar-refractivity contribution in [2.75, 3.05) is 172 Å². The number of nitrogens with one attached hydrogen (secondary N) is 1. The van der Waals surface area contributed by atoms with Gasteiger partial charge in [-0.05, 0) is 138 Å². The monoisotopic (exact) mass is 1380 g/mol. The number of nitrogens with zero attached hydrogens (tertiary/aromatic N) is 8. The summed E-state index contributed by atoms with van der Waals surface area (Å²) < 4.78 is 42.0. The van der Waals surface area contributed by atoms with Gasteiger partial charge in [0, 0.05) is 195 Å². The Hall–Kier alpha value is -3.89. The molecule has 492 valence electrons. The number of likely N-dealkylation sites (N-methyl/N-ethyl adjacent to an activating group) is 3. The summed E-state index contributed by atoms with van der Waals surface area (Å²) in [5.74, 6) is 2.26. The standard InChI is InChI=1S/C18H27N3O3.C14H21BrN2O2.C14H23N3O2.C10H12BrNO2.C4H10ClN.C4H7NO/c1-21(2)9-12-24-18(7-10-23-11-8-18)15-5-6-16(19-13-15)20-17(22)14-3-4-14;2*1-17(2)7-10-19-14(5-8-18-9-6-14)12-3-4-13(15)16-11-12;11-9-2-1-8(7-12-9)10(13)3-5-14-6-4-10;1-6(2)4-3-5;5-4(6)3-1-2-3/h5-6,13-14H,3-4,7-12H2,1-2H3,(H,19,20,22);3-4,11H,5-10H2,1-2H3;3-4,11H,5-10H2,1-2H3,(H2,15,16);1-2,7,13H,3-6H2;3-4H2,1-2H3;3H,1-2H2,(H2,5,6). The second kappa shape index (κ2) is 38.8. The van der Waals surface area contributed by atoms with Crippen molar-refractivity contribution in [3.63, 3.8) is 0 Å². The molecule has 4 aliphatic heterocycles. The van der Waals surface area contributed by atoms with Crippen LogP contribution in [0.4, 0.5) is 11.6 Å². The van der Waals surface area contributed by atoms with Gasteiger partial charge in [0.15, 0.2) is 0 Å². The van der Waals surface area contributed by atoms with E-state index in [1.54, 1.807) is 6.20 Å². The number of anilines is 2. The van der Waals surface area contributed by atoms with Crippen LogP contribution in [-0.4, -0.2) is 218 Å². The molecule has 6 aliphatic rings. The Balaban J connectivity index is 0.000000203. The minimum Gasteiger partial charge on any atom is -0.385 e. The van der Waals surface area contributed by atoms with Gasteiger partial charge < -0.3 is 74.6 Å². The van der Waals surface area contributed by atoms with Gasteiger partial charge in [-0.25, -0.2) is 19.9 Å². The van der Waals surface area contributed by atoms with Gasteiger partial charge in [0.2, 0.25) is 11.8 Å². The molecule has 4 saturated heterocycles. The second-order valence-corrected chi connectivity index (χ2v) is 26.0. The number of alkyl halides is 1. The van der Waals surface area contributed by atoms with Gasteiger partial charge in [0.05, 0.1) is 42.2 Å². The van der Waals surface area contributed by atoms with Crippen molar-refractivity contribution in [3.05, 3.63) is 105 Å². The van der Waals surface area contributed by atoms with Crippen LogP contribution >= 0.6 is 43.5 Å². The molecule has 2 amide bonds. The second-order valence-electron chi connectivity index (χ2n) is 24.0. The molecule has 6 fully saturated rings. The molecule has 8 heterocycles. The van der Waals surface area contributed by atoms with Crippen molar-refractivity contribution in [2.45, 2.75) is 99.5 Å². The Morgan fingerprint density at radius 3 is 1.17 bits per heavy atom. The van der Waals surface area contributed by atoms with Crippen LogP contribution in [0.25, 0.3) is 0 Å². The molecular weight excluding hydrogens is 1280 g/mol. The number of carbonyl (C=O) groups excluding carboxylic acids is 2. The van der Waals surface area contributed by atoms with Crippen LogP contribution in [0, 0.1) is 11.8 Å². The van der Waals surface area contributed by atoms with Crippen LogP contribution < -0.4 is 16.8 Å². The number of halogens is 3. The Morgan fingerprint density at radius 2 is 0.886 bits per heavy atom. The number of hydrogen-bond acceptors (Lipinski definition) is 19. The lowest BCUT2D eigenvalue weighted by Gasteiger charge is -2.37. The topological polar surface area (TPSA) is 248 Å². The first-order valence-corrected chi connectivity index (χ1v) is 32.9. The smallest absolute Gasteiger partial charge is 0.228 e. The average Bonchev–Trinajstić information content (AvgIpc) is 2.29. The number of aliphatic hydroxyl groups is 1. The SMILES string of the molecule is CN(C)CCCl.CN(C)CCOC1(c2ccc(Br)nc2)CCOCC1.CN(C)CCOC1(c2ccc(N)nc2)CCOCC1.CN(C)CCOC1(c2ccc(NC(=O)C3CC3)nc2)CCOCC1.NC(=O)C1CC1.OC1(c2ccc(Br)nc2)CCOCC1. The first-order valence-electron chi connectivity index (χ1n) is 30.7. The molecule has 4 aromatic rings. The first-order chi connectivity index (χ1) is 42.1. The highest BCUT2D eigenvalue weighted by Crippen LogP contribution is 2.39. The summed E-state index contributed by atoms with van der Waals surface area (Å²) in [5.41, 5.74) is 13.1. The molecule has 0 spiro atoms. The molecule has 0 radical (unpaired) electrons. The number of carbonyl (C=O) groups is 2. The number of aromatic nitrogens is 4. The minimum absolute atomic E-state index is 0.0817. The van der Waals surface area contributed by atoms with E-state index in [4.69, 9.17) is 56.2 Å². The average molecular weight is 1380 g/mol. The number of nitrogens with two attached hydrogens (primary N) is 2. The summed E-state index contributed by atoms with van der Waals surface area (Å²) >= 11 is 12.0. The Labute approximate surface area is 545 Å². The predicted molar refractivity (Wildman–Crippen MR) is 352 cm³/mol. The van der Waals surface area contributed by atoms with Crippen molar-refractivity contribution in [1.82, 2.24) is 39.5 Å². The molecule has 4 aromatic heterocycles. The Kier molecular flexibility index (Phi) is 33.0. The highest BCUT2D eigenvalue weighted by Gasteiger charge is 2.39. The van der Waals surface area contributed by atoms with E-state index < -0.39 is 5.60 Å². The fraction of sp³-hybridized carbons (Fsp3) is 0.656. The van der Waals surface area contributed by atoms with E-state index in [1.165, 1.54) is 0 Å². The fourth-order valence-corrected chi connectivity index (χ4v) is 10.5. The van der Waals surface area contributed by atoms with Crippen molar-refractivity contribution in [1.29, 1.82) is 0 Å². The normalized spacial score (nSPS) is 19.0. The number of rotatable bonds is 21. The number of hydrogen-bond donors (Lipinski definition) is 4. The molecule has 0 aromatic carbocycles. The van der Waals surface area contributed by atoms with E-state index in [1.807, 2.05) is 108 Å². The molecule has 6 N–H and O–H groups in total. The summed E-state index contributed by atoms with van der Waals surface area (Å²) in [4.78, 5) is 47.3. The van der Waals surface area contributed by atoms with Gasteiger partial charge in [-0.3, -0.25) is 9.59 Å². The molecule has 2 saturated carbocycles. The number of pyridine rings is 4. The zero-order chi connectivity index (χ0) is 64.0. The van der Waals surface area contributed by atoms with E-state index >= 15 is 0 Å². The van der Waals surface area contributed by atoms with Crippen LogP contribution in [0.5, 0.6) is 0 Å². The van der Waals surface area contributed by atoms with Gasteiger partial charge in [0.1, 0.15) is 20.8 Å². The predicted octanol–water partition coefficient (Wildman–Crippen LogP) is 8.20. The quantitative estimate of drug-likeness (QED) is 0.0453. The zero-order valence-electron chi connectivity index (χ0n) is 53.4. The zero-order valence-corrected chi connectivity index (χ0v) is 57.3. The summed E-state index contributed by atoms with van der Waals surface area (Å²) in [5, 5.41) is 13.2. The number of amides is 2. The van der Waals surface area contributed by atoms with Gasteiger partial charge in [-0.2, -0.15) is 0 Å². The first kappa shape index (κ1) is 74.8.